The largest absolute Gasteiger partial charge is 0.478 e. The maximum absolute atomic E-state index is 12.8. The van der Waals surface area contributed by atoms with Gasteiger partial charge in [0, 0.05) is 12.6 Å². The van der Waals surface area contributed by atoms with Crippen LogP contribution in [0.25, 0.3) is 0 Å². The lowest BCUT2D eigenvalue weighted by Gasteiger charge is -2.37. The van der Waals surface area contributed by atoms with Gasteiger partial charge in [-0.15, -0.1) is 0 Å². The molecule has 0 aromatic heterocycles. The summed E-state index contributed by atoms with van der Waals surface area (Å²) in [5, 5.41) is 0. The normalized spacial score (nSPS) is 19.0. The van der Waals surface area contributed by atoms with E-state index < -0.39 is 6.10 Å². The van der Waals surface area contributed by atoms with Crippen LogP contribution in [-0.4, -0.2) is 18.6 Å². The summed E-state index contributed by atoms with van der Waals surface area (Å²) in [6.07, 6.45) is 1.57. The van der Waals surface area contributed by atoms with Crippen LogP contribution in [0.2, 0.25) is 0 Å². The molecule has 0 aliphatic carbocycles. The van der Waals surface area contributed by atoms with Gasteiger partial charge >= 0.3 is 0 Å². The molecular formula is C19H30N2O2. The van der Waals surface area contributed by atoms with E-state index >= 15 is 0 Å². The molecule has 0 radical (unpaired) electrons. The summed E-state index contributed by atoms with van der Waals surface area (Å²) in [5.41, 5.74) is 8.18. The molecule has 4 heteroatoms. The third-order valence-electron chi connectivity index (χ3n) is 4.22. The first-order valence-corrected chi connectivity index (χ1v) is 8.72. The topological polar surface area (TPSA) is 55.6 Å². The van der Waals surface area contributed by atoms with Crippen LogP contribution in [0.5, 0.6) is 5.75 Å². The number of carbonyl (C=O) groups is 1. The van der Waals surface area contributed by atoms with Crippen LogP contribution in [0.1, 0.15) is 59.1 Å². The number of rotatable bonds is 6. The van der Waals surface area contributed by atoms with E-state index in [0.29, 0.717) is 12.5 Å². The Bertz CT molecular complexity index is 554. The molecule has 1 aliphatic heterocycles. The van der Waals surface area contributed by atoms with Gasteiger partial charge in [0.15, 0.2) is 6.10 Å². The lowest BCUT2D eigenvalue weighted by Crippen LogP contribution is -2.49. The van der Waals surface area contributed by atoms with E-state index in [1.54, 1.807) is 0 Å². The Labute approximate surface area is 140 Å². The van der Waals surface area contributed by atoms with Crippen molar-refractivity contribution in [1.82, 2.24) is 0 Å². The molecule has 2 atom stereocenters. The van der Waals surface area contributed by atoms with Crippen molar-refractivity contribution in [3.05, 3.63) is 23.8 Å². The van der Waals surface area contributed by atoms with E-state index in [0.717, 1.165) is 29.8 Å². The maximum Gasteiger partial charge on any atom is 0.268 e. The molecule has 128 valence electrons. The van der Waals surface area contributed by atoms with Crippen molar-refractivity contribution in [2.24, 2.45) is 17.6 Å². The number of amides is 1. The average Bonchev–Trinajstić information content (AvgIpc) is 2.49. The molecular weight excluding hydrogens is 288 g/mol. The fourth-order valence-electron chi connectivity index (χ4n) is 2.99. The zero-order valence-electron chi connectivity index (χ0n) is 15.0. The first kappa shape index (κ1) is 17.8. The predicted octanol–water partition coefficient (Wildman–Crippen LogP) is 3.89. The minimum absolute atomic E-state index is 0.00382. The first-order valence-electron chi connectivity index (χ1n) is 8.72. The molecule has 0 spiro atoms. The zero-order valence-corrected chi connectivity index (χ0v) is 15.0. The lowest BCUT2D eigenvalue weighted by molar-refractivity contribution is -0.128. The van der Waals surface area contributed by atoms with Crippen molar-refractivity contribution in [1.29, 1.82) is 0 Å². The number of carbonyl (C=O) groups excluding carboxylic acids is 1. The number of ether oxygens (including phenoxy) is 1. The standard InChI is InChI=1S/C19H30N2O2/c1-6-7-15(20)14-8-9-17-16(10-14)21(11-12(2)3)19(22)18(23-17)13(4)5/h8-10,12-13,15,18H,6-7,11,20H2,1-5H3. The van der Waals surface area contributed by atoms with Crippen molar-refractivity contribution < 1.29 is 9.53 Å². The Morgan fingerprint density at radius 2 is 1.96 bits per heavy atom. The summed E-state index contributed by atoms with van der Waals surface area (Å²) in [6.45, 7) is 11.1. The van der Waals surface area contributed by atoms with Gasteiger partial charge in [0.25, 0.3) is 5.91 Å². The number of anilines is 1. The molecule has 4 nitrogen and oxygen atoms in total. The third kappa shape index (κ3) is 3.86. The van der Waals surface area contributed by atoms with Gasteiger partial charge < -0.3 is 15.4 Å². The van der Waals surface area contributed by atoms with Crippen LogP contribution in [0.3, 0.4) is 0 Å². The minimum Gasteiger partial charge on any atom is -0.478 e. The van der Waals surface area contributed by atoms with Crippen LogP contribution >= 0.6 is 0 Å². The van der Waals surface area contributed by atoms with Gasteiger partial charge in [0.1, 0.15) is 5.75 Å². The second-order valence-corrected chi connectivity index (χ2v) is 7.25. The highest BCUT2D eigenvalue weighted by molar-refractivity contribution is 6.00. The molecule has 0 bridgehead atoms. The average molecular weight is 318 g/mol. The van der Waals surface area contributed by atoms with Crippen LogP contribution in [0.4, 0.5) is 5.69 Å². The van der Waals surface area contributed by atoms with Crippen LogP contribution in [0.15, 0.2) is 18.2 Å². The van der Waals surface area contributed by atoms with E-state index in [-0.39, 0.29) is 17.9 Å². The molecule has 1 aliphatic rings. The fourth-order valence-corrected chi connectivity index (χ4v) is 2.99. The minimum atomic E-state index is -0.406. The number of nitrogens with zero attached hydrogens (tertiary/aromatic N) is 1. The summed E-state index contributed by atoms with van der Waals surface area (Å²) in [4.78, 5) is 14.7. The highest BCUT2D eigenvalue weighted by atomic mass is 16.5. The van der Waals surface area contributed by atoms with E-state index in [4.69, 9.17) is 10.5 Å². The molecule has 0 saturated carbocycles. The summed E-state index contributed by atoms with van der Waals surface area (Å²) < 4.78 is 5.98. The number of hydrogen-bond donors (Lipinski definition) is 1. The van der Waals surface area contributed by atoms with E-state index in [1.165, 1.54) is 0 Å². The predicted molar refractivity (Wildman–Crippen MR) is 94.7 cm³/mol. The second kappa shape index (κ2) is 7.35. The molecule has 23 heavy (non-hydrogen) atoms. The van der Waals surface area contributed by atoms with Gasteiger partial charge in [0.05, 0.1) is 5.69 Å². The van der Waals surface area contributed by atoms with Gasteiger partial charge in [-0.2, -0.15) is 0 Å². The Hall–Kier alpha value is -1.55. The van der Waals surface area contributed by atoms with Crippen molar-refractivity contribution in [3.63, 3.8) is 0 Å². The Balaban J connectivity index is 2.41. The molecule has 2 unspecified atom stereocenters. The van der Waals surface area contributed by atoms with Crippen LogP contribution < -0.4 is 15.4 Å². The first-order chi connectivity index (χ1) is 10.8. The Morgan fingerprint density at radius 3 is 2.52 bits per heavy atom. The number of fused-ring (bicyclic) bond motifs is 1. The molecule has 2 N–H and O–H groups in total. The summed E-state index contributed by atoms with van der Waals surface area (Å²) in [7, 11) is 0. The Kier molecular flexibility index (Phi) is 5.69. The van der Waals surface area contributed by atoms with E-state index in [9.17, 15) is 4.79 Å². The SMILES string of the molecule is CCCC(N)c1ccc2c(c1)N(CC(C)C)C(=O)C(C(C)C)O2. The second-order valence-electron chi connectivity index (χ2n) is 7.25. The molecule has 0 saturated heterocycles. The number of nitrogens with two attached hydrogens (primary N) is 1. The van der Waals surface area contributed by atoms with Gasteiger partial charge in [0.2, 0.25) is 0 Å². The number of hydrogen-bond acceptors (Lipinski definition) is 3. The quantitative estimate of drug-likeness (QED) is 0.865. The maximum atomic E-state index is 12.8. The summed E-state index contributed by atoms with van der Waals surface area (Å²) in [5.74, 6) is 1.39. The zero-order chi connectivity index (χ0) is 17.1. The third-order valence-corrected chi connectivity index (χ3v) is 4.22. The monoisotopic (exact) mass is 318 g/mol. The lowest BCUT2D eigenvalue weighted by atomic mass is 9.98. The van der Waals surface area contributed by atoms with E-state index in [1.807, 2.05) is 36.9 Å². The highest BCUT2D eigenvalue weighted by Crippen LogP contribution is 2.38. The summed E-state index contributed by atoms with van der Waals surface area (Å²) >= 11 is 0. The van der Waals surface area contributed by atoms with Crippen molar-refractivity contribution in [2.45, 2.75) is 59.6 Å². The fraction of sp³-hybridized carbons (Fsp3) is 0.632. The van der Waals surface area contributed by atoms with Gasteiger partial charge in [-0.3, -0.25) is 4.79 Å². The molecule has 1 aromatic carbocycles. The van der Waals surface area contributed by atoms with Crippen molar-refractivity contribution >= 4 is 11.6 Å². The van der Waals surface area contributed by atoms with Crippen molar-refractivity contribution in [3.8, 4) is 5.75 Å². The molecule has 1 heterocycles. The van der Waals surface area contributed by atoms with Crippen LogP contribution in [0, 0.1) is 11.8 Å². The van der Waals surface area contributed by atoms with Crippen LogP contribution in [-0.2, 0) is 4.79 Å². The smallest absolute Gasteiger partial charge is 0.268 e. The molecule has 0 fully saturated rings. The number of benzene rings is 1. The van der Waals surface area contributed by atoms with Gasteiger partial charge in [-0.1, -0.05) is 47.1 Å². The van der Waals surface area contributed by atoms with Crippen molar-refractivity contribution in [2.75, 3.05) is 11.4 Å². The summed E-state index contributed by atoms with van der Waals surface area (Å²) in [6, 6.07) is 6.03. The van der Waals surface area contributed by atoms with E-state index in [2.05, 4.69) is 20.8 Å². The van der Waals surface area contributed by atoms with Gasteiger partial charge in [-0.25, -0.2) is 0 Å². The highest BCUT2D eigenvalue weighted by Gasteiger charge is 2.36. The molecule has 1 amide bonds. The molecule has 2 rings (SSSR count). The Morgan fingerprint density at radius 1 is 1.26 bits per heavy atom. The van der Waals surface area contributed by atoms with Gasteiger partial charge in [-0.05, 0) is 36.0 Å². The molecule has 1 aromatic rings.